The first-order chi connectivity index (χ1) is 14.7. The summed E-state index contributed by atoms with van der Waals surface area (Å²) in [5.41, 5.74) is 10.6. The van der Waals surface area contributed by atoms with E-state index in [4.69, 9.17) is 5.73 Å². The lowest BCUT2D eigenvalue weighted by Crippen LogP contribution is -2.13. The van der Waals surface area contributed by atoms with Crippen LogP contribution < -0.4 is 11.1 Å². The monoisotopic (exact) mass is 446 g/mol. The van der Waals surface area contributed by atoms with Crippen LogP contribution in [0.5, 0.6) is 0 Å². The van der Waals surface area contributed by atoms with Crippen molar-refractivity contribution in [2.45, 2.75) is 33.1 Å². The molecule has 31 heavy (non-hydrogen) atoms. The van der Waals surface area contributed by atoms with Gasteiger partial charge in [-0.15, -0.1) is 22.7 Å². The van der Waals surface area contributed by atoms with Crippen molar-refractivity contribution in [3.05, 3.63) is 63.5 Å². The molecule has 7 heteroatoms. The van der Waals surface area contributed by atoms with Gasteiger partial charge >= 0.3 is 0 Å². The number of hydrogen-bond acceptors (Lipinski definition) is 6. The Hall–Kier alpha value is -3.21. The maximum Gasteiger partial charge on any atom is 0.267 e. The van der Waals surface area contributed by atoms with Gasteiger partial charge in [0, 0.05) is 21.5 Å². The van der Waals surface area contributed by atoms with Crippen molar-refractivity contribution in [3.8, 4) is 16.5 Å². The number of carbonyl (C=O) groups is 1. The lowest BCUT2D eigenvalue weighted by atomic mass is 9.87. The van der Waals surface area contributed by atoms with Crippen LogP contribution in [0.3, 0.4) is 0 Å². The van der Waals surface area contributed by atoms with Gasteiger partial charge in [-0.1, -0.05) is 39.0 Å². The summed E-state index contributed by atoms with van der Waals surface area (Å²) in [5.74, 6) is -0.280. The van der Waals surface area contributed by atoms with E-state index >= 15 is 0 Å². The van der Waals surface area contributed by atoms with Crippen LogP contribution in [0.2, 0.25) is 0 Å². The smallest absolute Gasteiger partial charge is 0.267 e. The number of amides is 1. The highest BCUT2D eigenvalue weighted by atomic mass is 32.1. The van der Waals surface area contributed by atoms with E-state index in [0.29, 0.717) is 37.7 Å². The highest BCUT2D eigenvalue weighted by Gasteiger charge is 2.24. The molecule has 0 bridgehead atoms. The first kappa shape index (κ1) is 21.0. The van der Waals surface area contributed by atoms with Gasteiger partial charge in [0.2, 0.25) is 0 Å². The van der Waals surface area contributed by atoms with Crippen molar-refractivity contribution < 1.29 is 4.79 Å². The van der Waals surface area contributed by atoms with Crippen LogP contribution in [-0.4, -0.2) is 10.9 Å². The number of nitrogens with one attached hydrogen (secondary N) is 1. The number of fused-ring (bicyclic) bond motifs is 1. The second kappa shape index (κ2) is 7.80. The highest BCUT2D eigenvalue weighted by Crippen LogP contribution is 2.43. The molecule has 0 spiro atoms. The van der Waals surface area contributed by atoms with E-state index in [9.17, 15) is 10.1 Å². The standard InChI is InChI=1S/C24H22N4OS2/c1-13-16(12-25)18(17-6-5-11-30-17)19-20(26)21(31-23(19)27-13)22(29)28-15-9-7-14(8-10-15)24(2,3)4/h5-11H,26H2,1-4H3,(H,28,29). The number of rotatable bonds is 3. The van der Waals surface area contributed by atoms with Crippen LogP contribution >= 0.6 is 22.7 Å². The quantitative estimate of drug-likeness (QED) is 0.384. The fraction of sp³-hybridized carbons (Fsp3) is 0.208. The number of aryl methyl sites for hydroxylation is 1. The Morgan fingerprint density at radius 3 is 2.48 bits per heavy atom. The lowest BCUT2D eigenvalue weighted by molar-refractivity contribution is 0.103. The first-order valence-corrected chi connectivity index (χ1v) is 11.5. The minimum absolute atomic E-state index is 0.0403. The molecule has 0 radical (unpaired) electrons. The normalized spacial score (nSPS) is 11.5. The Morgan fingerprint density at radius 1 is 1.19 bits per heavy atom. The van der Waals surface area contributed by atoms with Gasteiger partial charge in [-0.05, 0) is 41.5 Å². The molecule has 156 valence electrons. The zero-order valence-corrected chi connectivity index (χ0v) is 19.4. The van der Waals surface area contributed by atoms with Crippen LogP contribution in [0.1, 0.15) is 47.3 Å². The number of anilines is 2. The number of aromatic nitrogens is 1. The van der Waals surface area contributed by atoms with E-state index in [2.05, 4.69) is 37.1 Å². The summed E-state index contributed by atoms with van der Waals surface area (Å²) in [4.78, 5) is 19.6. The SMILES string of the molecule is Cc1nc2sc(C(=O)Nc3ccc(C(C)(C)C)cc3)c(N)c2c(-c2cccs2)c1C#N. The first-order valence-electron chi connectivity index (χ1n) is 9.79. The molecule has 3 aromatic heterocycles. The van der Waals surface area contributed by atoms with Gasteiger partial charge in [0.15, 0.2) is 0 Å². The van der Waals surface area contributed by atoms with Gasteiger partial charge in [-0.3, -0.25) is 4.79 Å². The van der Waals surface area contributed by atoms with Gasteiger partial charge < -0.3 is 11.1 Å². The molecule has 0 atom stereocenters. The number of nitrogens with zero attached hydrogens (tertiary/aromatic N) is 2. The summed E-state index contributed by atoms with van der Waals surface area (Å²) in [5, 5.41) is 15.3. The Bertz CT molecular complexity index is 1320. The number of nitrogen functional groups attached to an aromatic ring is 1. The summed E-state index contributed by atoms with van der Waals surface area (Å²) in [6.07, 6.45) is 0. The van der Waals surface area contributed by atoms with Crippen molar-refractivity contribution in [1.82, 2.24) is 4.98 Å². The average molecular weight is 447 g/mol. The third-order valence-corrected chi connectivity index (χ3v) is 7.14. The number of hydrogen-bond donors (Lipinski definition) is 2. The molecule has 1 aromatic carbocycles. The minimum atomic E-state index is -0.280. The summed E-state index contributed by atoms with van der Waals surface area (Å²) < 4.78 is 0. The van der Waals surface area contributed by atoms with Crippen LogP contribution in [0.4, 0.5) is 11.4 Å². The van der Waals surface area contributed by atoms with Crippen LogP contribution in [-0.2, 0) is 5.41 Å². The van der Waals surface area contributed by atoms with Crippen LogP contribution in [0.15, 0.2) is 41.8 Å². The fourth-order valence-electron chi connectivity index (χ4n) is 3.48. The number of pyridine rings is 1. The molecular weight excluding hydrogens is 424 g/mol. The molecule has 1 amide bonds. The van der Waals surface area contributed by atoms with Gasteiger partial charge in [0.25, 0.3) is 5.91 Å². The molecule has 0 aliphatic rings. The number of benzene rings is 1. The van der Waals surface area contributed by atoms with Crippen molar-refractivity contribution in [3.63, 3.8) is 0 Å². The Labute approximate surface area is 189 Å². The van der Waals surface area contributed by atoms with E-state index < -0.39 is 0 Å². The number of thiophene rings is 2. The van der Waals surface area contributed by atoms with Gasteiger partial charge in [0.1, 0.15) is 15.8 Å². The molecule has 3 N–H and O–H groups in total. The van der Waals surface area contributed by atoms with Gasteiger partial charge in [-0.25, -0.2) is 4.98 Å². The summed E-state index contributed by atoms with van der Waals surface area (Å²) >= 11 is 2.78. The molecule has 0 saturated heterocycles. The lowest BCUT2D eigenvalue weighted by Gasteiger charge is -2.19. The largest absolute Gasteiger partial charge is 0.397 e. The third-order valence-electron chi connectivity index (χ3n) is 5.15. The predicted molar refractivity (Wildman–Crippen MR) is 130 cm³/mol. The molecule has 0 aliphatic carbocycles. The zero-order chi connectivity index (χ0) is 22.3. The zero-order valence-electron chi connectivity index (χ0n) is 17.7. The molecule has 0 unspecified atom stereocenters. The van der Waals surface area contributed by atoms with Crippen molar-refractivity contribution in [1.29, 1.82) is 5.26 Å². The molecule has 5 nitrogen and oxygen atoms in total. The maximum atomic E-state index is 13.1. The Morgan fingerprint density at radius 2 is 1.90 bits per heavy atom. The van der Waals surface area contributed by atoms with E-state index in [1.807, 2.05) is 48.7 Å². The van der Waals surface area contributed by atoms with Crippen molar-refractivity contribution in [2.75, 3.05) is 11.1 Å². The molecule has 4 rings (SSSR count). The van der Waals surface area contributed by atoms with Crippen molar-refractivity contribution >= 4 is 50.2 Å². The Kier molecular flexibility index (Phi) is 5.29. The van der Waals surface area contributed by atoms with E-state index in [1.54, 1.807) is 0 Å². The fourth-order valence-corrected chi connectivity index (χ4v) is 5.31. The average Bonchev–Trinajstić information content (AvgIpc) is 3.35. The molecular formula is C24H22N4OS2. The molecule has 0 saturated carbocycles. The number of carbonyl (C=O) groups excluding carboxylic acids is 1. The van der Waals surface area contributed by atoms with E-state index in [1.165, 1.54) is 28.2 Å². The summed E-state index contributed by atoms with van der Waals surface area (Å²) in [7, 11) is 0. The van der Waals surface area contributed by atoms with Crippen LogP contribution in [0, 0.1) is 18.3 Å². The topological polar surface area (TPSA) is 91.8 Å². The predicted octanol–water partition coefficient (Wildman–Crippen LogP) is 6.34. The van der Waals surface area contributed by atoms with Crippen LogP contribution in [0.25, 0.3) is 20.7 Å². The number of nitriles is 1. The maximum absolute atomic E-state index is 13.1. The Balaban J connectivity index is 1.77. The summed E-state index contributed by atoms with van der Waals surface area (Å²) in [6, 6.07) is 14.0. The minimum Gasteiger partial charge on any atom is -0.397 e. The van der Waals surface area contributed by atoms with E-state index in [-0.39, 0.29) is 11.3 Å². The van der Waals surface area contributed by atoms with Crippen molar-refractivity contribution in [2.24, 2.45) is 0 Å². The molecule has 4 aromatic rings. The highest BCUT2D eigenvalue weighted by molar-refractivity contribution is 7.21. The molecule has 3 heterocycles. The second-order valence-electron chi connectivity index (χ2n) is 8.34. The molecule has 0 aliphatic heterocycles. The summed E-state index contributed by atoms with van der Waals surface area (Å²) in [6.45, 7) is 8.25. The van der Waals surface area contributed by atoms with E-state index in [0.717, 1.165) is 10.4 Å². The van der Waals surface area contributed by atoms with Gasteiger partial charge in [0.05, 0.1) is 16.9 Å². The molecule has 0 fully saturated rings. The second-order valence-corrected chi connectivity index (χ2v) is 10.3. The number of nitrogens with two attached hydrogens (primary N) is 1. The third kappa shape index (κ3) is 3.80. The van der Waals surface area contributed by atoms with Gasteiger partial charge in [-0.2, -0.15) is 5.26 Å².